The maximum atomic E-state index is 13.8. The molecule has 3 aromatic rings. The SMILES string of the molecule is O=C(CN1C(=O)[C@](O)(c2cccc(F)c2)c2ccccc21)Nc1ccc(F)cc1F. The van der Waals surface area contributed by atoms with Crippen molar-refractivity contribution >= 4 is 23.2 Å². The number of carbonyl (C=O) groups is 2. The standard InChI is InChI=1S/C22H15F3N2O3/c23-14-5-3-4-13(10-14)22(30)16-6-1-2-7-19(16)27(21(22)29)12-20(28)26-18-9-8-15(24)11-17(18)25/h1-11,30H,12H2,(H,26,28)/t22-/m0/s1. The molecule has 30 heavy (non-hydrogen) atoms. The second-order valence-electron chi connectivity index (χ2n) is 6.80. The molecule has 2 N–H and O–H groups in total. The molecule has 3 aromatic carbocycles. The molecule has 2 amide bonds. The van der Waals surface area contributed by atoms with Crippen LogP contribution in [0.1, 0.15) is 11.1 Å². The first-order valence-corrected chi connectivity index (χ1v) is 8.95. The van der Waals surface area contributed by atoms with E-state index in [1.54, 1.807) is 12.1 Å². The van der Waals surface area contributed by atoms with Gasteiger partial charge in [0.2, 0.25) is 5.91 Å². The van der Waals surface area contributed by atoms with Gasteiger partial charge in [-0.2, -0.15) is 0 Å². The average Bonchev–Trinajstić information content (AvgIpc) is 2.93. The Morgan fingerprint density at radius 3 is 2.43 bits per heavy atom. The van der Waals surface area contributed by atoms with E-state index >= 15 is 0 Å². The van der Waals surface area contributed by atoms with Crippen molar-refractivity contribution in [1.82, 2.24) is 0 Å². The molecule has 0 aromatic heterocycles. The highest BCUT2D eigenvalue weighted by Crippen LogP contribution is 2.44. The van der Waals surface area contributed by atoms with Crippen LogP contribution in [0.3, 0.4) is 0 Å². The lowest BCUT2D eigenvalue weighted by Gasteiger charge is -2.23. The number of aliphatic hydroxyl groups is 1. The Morgan fingerprint density at radius 1 is 0.967 bits per heavy atom. The molecule has 0 radical (unpaired) electrons. The third-order valence-corrected chi connectivity index (χ3v) is 4.89. The number of anilines is 2. The second-order valence-corrected chi connectivity index (χ2v) is 6.80. The van der Waals surface area contributed by atoms with E-state index in [4.69, 9.17) is 0 Å². The zero-order valence-electron chi connectivity index (χ0n) is 15.4. The number of halogens is 3. The third kappa shape index (κ3) is 3.21. The van der Waals surface area contributed by atoms with Gasteiger partial charge in [0.05, 0.1) is 11.4 Å². The fraction of sp³-hybridized carbons (Fsp3) is 0.0909. The van der Waals surface area contributed by atoms with Gasteiger partial charge in [-0.25, -0.2) is 13.2 Å². The topological polar surface area (TPSA) is 69.6 Å². The molecule has 1 heterocycles. The van der Waals surface area contributed by atoms with Crippen LogP contribution < -0.4 is 10.2 Å². The van der Waals surface area contributed by atoms with Crippen LogP contribution in [-0.4, -0.2) is 23.5 Å². The molecule has 1 aliphatic heterocycles. The number of hydrogen-bond acceptors (Lipinski definition) is 3. The third-order valence-electron chi connectivity index (χ3n) is 4.89. The minimum Gasteiger partial charge on any atom is -0.372 e. The first-order valence-electron chi connectivity index (χ1n) is 8.95. The van der Waals surface area contributed by atoms with E-state index in [-0.39, 0.29) is 22.5 Å². The highest BCUT2D eigenvalue weighted by atomic mass is 19.1. The minimum absolute atomic E-state index is 0.0208. The van der Waals surface area contributed by atoms with Crippen LogP contribution >= 0.6 is 0 Å². The summed E-state index contributed by atoms with van der Waals surface area (Å²) in [6.45, 7) is -0.537. The highest BCUT2D eigenvalue weighted by Gasteiger charge is 2.51. The number of nitrogens with one attached hydrogen (secondary N) is 1. The zero-order chi connectivity index (χ0) is 21.5. The Balaban J connectivity index is 1.66. The number of benzene rings is 3. The van der Waals surface area contributed by atoms with Crippen molar-refractivity contribution in [3.63, 3.8) is 0 Å². The molecule has 0 unspecified atom stereocenters. The number of para-hydroxylation sites is 1. The van der Waals surface area contributed by atoms with Crippen molar-refractivity contribution in [3.05, 3.63) is 95.3 Å². The van der Waals surface area contributed by atoms with Crippen molar-refractivity contribution < 1.29 is 27.9 Å². The van der Waals surface area contributed by atoms with Gasteiger partial charge in [-0.05, 0) is 30.3 Å². The van der Waals surface area contributed by atoms with E-state index < -0.39 is 41.4 Å². The zero-order valence-corrected chi connectivity index (χ0v) is 15.4. The van der Waals surface area contributed by atoms with E-state index in [1.165, 1.54) is 30.3 Å². The summed E-state index contributed by atoms with van der Waals surface area (Å²) in [4.78, 5) is 26.6. The minimum atomic E-state index is -2.18. The molecule has 1 atom stereocenters. The molecule has 4 rings (SSSR count). The smallest absolute Gasteiger partial charge is 0.268 e. The summed E-state index contributed by atoms with van der Waals surface area (Å²) in [5, 5.41) is 13.5. The summed E-state index contributed by atoms with van der Waals surface area (Å²) in [6, 6.07) is 13.9. The second kappa shape index (κ2) is 7.31. The van der Waals surface area contributed by atoms with Crippen LogP contribution in [0.4, 0.5) is 24.5 Å². The van der Waals surface area contributed by atoms with E-state index in [2.05, 4.69) is 5.32 Å². The molecule has 8 heteroatoms. The maximum Gasteiger partial charge on any atom is 0.268 e. The van der Waals surface area contributed by atoms with Crippen molar-refractivity contribution in [2.75, 3.05) is 16.8 Å². The molecular formula is C22H15F3N2O3. The summed E-state index contributed by atoms with van der Waals surface area (Å²) in [5.74, 6) is -3.99. The molecule has 5 nitrogen and oxygen atoms in total. The summed E-state index contributed by atoms with van der Waals surface area (Å²) in [7, 11) is 0. The monoisotopic (exact) mass is 412 g/mol. The van der Waals surface area contributed by atoms with E-state index in [1.807, 2.05) is 0 Å². The summed E-state index contributed by atoms with van der Waals surface area (Å²) in [6.07, 6.45) is 0. The van der Waals surface area contributed by atoms with Gasteiger partial charge in [0, 0.05) is 17.2 Å². The van der Waals surface area contributed by atoms with Gasteiger partial charge in [-0.3, -0.25) is 14.5 Å². The number of fused-ring (bicyclic) bond motifs is 1. The van der Waals surface area contributed by atoms with Gasteiger partial charge >= 0.3 is 0 Å². The number of rotatable bonds is 4. The lowest BCUT2D eigenvalue weighted by atomic mass is 9.87. The van der Waals surface area contributed by atoms with Crippen molar-refractivity contribution in [3.8, 4) is 0 Å². The molecule has 1 aliphatic rings. The summed E-state index contributed by atoms with van der Waals surface area (Å²) in [5.41, 5.74) is -1.94. The van der Waals surface area contributed by atoms with Crippen molar-refractivity contribution in [2.24, 2.45) is 0 Å². The molecule has 152 valence electrons. The number of carbonyl (C=O) groups excluding carboxylic acids is 2. The van der Waals surface area contributed by atoms with Gasteiger partial charge in [0.15, 0.2) is 5.60 Å². The number of amides is 2. The van der Waals surface area contributed by atoms with Crippen molar-refractivity contribution in [2.45, 2.75) is 5.60 Å². The quantitative estimate of drug-likeness (QED) is 0.691. The van der Waals surface area contributed by atoms with Gasteiger partial charge in [-0.15, -0.1) is 0 Å². The lowest BCUT2D eigenvalue weighted by Crippen LogP contribution is -2.44. The molecule has 0 aliphatic carbocycles. The Kier molecular flexibility index (Phi) is 4.79. The average molecular weight is 412 g/mol. The van der Waals surface area contributed by atoms with Crippen LogP contribution in [-0.2, 0) is 15.2 Å². The Morgan fingerprint density at radius 2 is 1.70 bits per heavy atom. The van der Waals surface area contributed by atoms with Crippen LogP contribution in [0, 0.1) is 17.5 Å². The predicted octanol–water partition coefficient (Wildman–Crippen LogP) is 3.33. The van der Waals surface area contributed by atoms with Crippen LogP contribution in [0.5, 0.6) is 0 Å². The van der Waals surface area contributed by atoms with Gasteiger partial charge < -0.3 is 10.4 Å². The molecule has 0 fully saturated rings. The van der Waals surface area contributed by atoms with Crippen LogP contribution in [0.15, 0.2) is 66.7 Å². The molecule has 0 bridgehead atoms. The van der Waals surface area contributed by atoms with Gasteiger partial charge in [0.1, 0.15) is 24.0 Å². The first kappa shape index (κ1) is 19.7. The Labute approximate surface area is 169 Å². The van der Waals surface area contributed by atoms with E-state index in [0.717, 1.165) is 23.1 Å². The first-order chi connectivity index (χ1) is 14.3. The summed E-state index contributed by atoms with van der Waals surface area (Å²) >= 11 is 0. The molecular weight excluding hydrogens is 397 g/mol. The van der Waals surface area contributed by atoms with Gasteiger partial charge in [0.25, 0.3) is 5.91 Å². The van der Waals surface area contributed by atoms with Crippen LogP contribution in [0.25, 0.3) is 0 Å². The fourth-order valence-corrected chi connectivity index (χ4v) is 3.51. The number of hydrogen-bond donors (Lipinski definition) is 2. The predicted molar refractivity (Wildman–Crippen MR) is 103 cm³/mol. The summed E-state index contributed by atoms with van der Waals surface area (Å²) < 4.78 is 40.6. The largest absolute Gasteiger partial charge is 0.372 e. The fourth-order valence-electron chi connectivity index (χ4n) is 3.51. The van der Waals surface area contributed by atoms with Gasteiger partial charge in [-0.1, -0.05) is 30.3 Å². The maximum absolute atomic E-state index is 13.8. The molecule has 0 saturated carbocycles. The highest BCUT2D eigenvalue weighted by molar-refractivity contribution is 6.12. The Hall–Kier alpha value is -3.65. The van der Waals surface area contributed by atoms with Crippen LogP contribution in [0.2, 0.25) is 0 Å². The number of nitrogens with zero attached hydrogens (tertiary/aromatic N) is 1. The van der Waals surface area contributed by atoms with E-state index in [9.17, 15) is 27.9 Å². The molecule has 0 spiro atoms. The lowest BCUT2D eigenvalue weighted by molar-refractivity contribution is -0.133. The van der Waals surface area contributed by atoms with Crippen molar-refractivity contribution in [1.29, 1.82) is 0 Å². The van der Waals surface area contributed by atoms with E-state index in [0.29, 0.717) is 6.07 Å². The normalized spacial score (nSPS) is 17.7. The molecule has 0 saturated heterocycles. The Bertz CT molecular complexity index is 1170.